The number of hydrogen-bond acceptors (Lipinski definition) is 0. The van der Waals surface area contributed by atoms with Crippen molar-refractivity contribution in [3.8, 4) is 0 Å². The van der Waals surface area contributed by atoms with E-state index in [0.717, 1.165) is 11.8 Å². The SMILES string of the molecule is C[Si](C)(C)/C=C/C=C1\C[C@@H]2CC[C@H]1C2. The quantitative estimate of drug-likeness (QED) is 0.595. The van der Waals surface area contributed by atoms with Crippen molar-refractivity contribution < 1.29 is 0 Å². The summed E-state index contributed by atoms with van der Waals surface area (Å²) in [7, 11) is -0.975. The Labute approximate surface area is 89.1 Å². The molecule has 0 radical (unpaired) electrons. The maximum atomic E-state index is 2.45. The van der Waals surface area contributed by atoms with Crippen molar-refractivity contribution in [3.63, 3.8) is 0 Å². The average molecular weight is 206 g/mol. The molecule has 0 nitrogen and oxygen atoms in total. The van der Waals surface area contributed by atoms with Gasteiger partial charge in [-0.25, -0.2) is 0 Å². The Morgan fingerprint density at radius 1 is 1.21 bits per heavy atom. The van der Waals surface area contributed by atoms with Gasteiger partial charge in [0.05, 0.1) is 8.07 Å². The van der Waals surface area contributed by atoms with Crippen LogP contribution < -0.4 is 0 Å². The minimum absolute atomic E-state index is 0.964. The lowest BCUT2D eigenvalue weighted by Gasteiger charge is -2.12. The monoisotopic (exact) mass is 206 g/mol. The van der Waals surface area contributed by atoms with Crippen LogP contribution in [0.15, 0.2) is 23.4 Å². The molecule has 2 aliphatic carbocycles. The molecule has 0 heterocycles. The highest BCUT2D eigenvalue weighted by atomic mass is 28.3. The number of hydrogen-bond donors (Lipinski definition) is 0. The molecule has 78 valence electrons. The van der Waals surface area contributed by atoms with Crippen molar-refractivity contribution in [3.05, 3.63) is 23.4 Å². The number of fused-ring (bicyclic) bond motifs is 2. The zero-order chi connectivity index (χ0) is 10.2. The second kappa shape index (κ2) is 3.69. The van der Waals surface area contributed by atoms with E-state index in [1.807, 2.05) is 0 Å². The lowest BCUT2D eigenvalue weighted by Crippen LogP contribution is -2.15. The molecule has 2 fully saturated rings. The lowest BCUT2D eigenvalue weighted by atomic mass is 9.95. The first-order valence-electron chi connectivity index (χ1n) is 5.93. The Hall–Kier alpha value is -0.303. The van der Waals surface area contributed by atoms with Crippen molar-refractivity contribution in [1.82, 2.24) is 0 Å². The summed E-state index contributed by atoms with van der Waals surface area (Å²) in [6.45, 7) is 7.18. The summed E-state index contributed by atoms with van der Waals surface area (Å²) >= 11 is 0. The molecule has 0 saturated heterocycles. The van der Waals surface area contributed by atoms with Crippen LogP contribution in [0.25, 0.3) is 0 Å². The van der Waals surface area contributed by atoms with E-state index in [1.165, 1.54) is 25.7 Å². The van der Waals surface area contributed by atoms with Crippen LogP contribution in [-0.4, -0.2) is 8.07 Å². The topological polar surface area (TPSA) is 0 Å². The van der Waals surface area contributed by atoms with E-state index in [0.29, 0.717) is 0 Å². The van der Waals surface area contributed by atoms with E-state index in [2.05, 4.69) is 37.5 Å². The van der Waals surface area contributed by atoms with E-state index >= 15 is 0 Å². The van der Waals surface area contributed by atoms with Crippen molar-refractivity contribution in [1.29, 1.82) is 0 Å². The van der Waals surface area contributed by atoms with Gasteiger partial charge in [-0.1, -0.05) is 43.1 Å². The van der Waals surface area contributed by atoms with Crippen LogP contribution in [0.4, 0.5) is 0 Å². The Morgan fingerprint density at radius 3 is 2.50 bits per heavy atom. The standard InChI is InChI=1S/C13H22Si/c1-14(2,3)8-4-5-12-9-11-6-7-13(12)10-11/h4-5,8,11,13H,6-7,9-10H2,1-3H3/b8-4+,12-5+/t11-,13-/m0/s1. The molecular formula is C13H22Si. The maximum absolute atomic E-state index is 2.45. The van der Waals surface area contributed by atoms with Gasteiger partial charge in [0.25, 0.3) is 0 Å². The van der Waals surface area contributed by atoms with Crippen molar-refractivity contribution >= 4 is 8.07 Å². The first-order valence-corrected chi connectivity index (χ1v) is 9.50. The third-order valence-corrected chi connectivity index (χ3v) is 4.69. The molecule has 1 heteroatoms. The highest BCUT2D eigenvalue weighted by Crippen LogP contribution is 2.47. The van der Waals surface area contributed by atoms with E-state index in [1.54, 1.807) is 5.57 Å². The largest absolute Gasteiger partial charge is 0.0950 e. The third-order valence-electron chi connectivity index (χ3n) is 3.50. The molecule has 0 unspecified atom stereocenters. The molecule has 0 aliphatic heterocycles. The Kier molecular flexibility index (Phi) is 2.69. The molecule has 0 N–H and O–H groups in total. The predicted octanol–water partition coefficient (Wildman–Crippen LogP) is 4.17. The fraction of sp³-hybridized carbons (Fsp3) is 0.692. The lowest BCUT2D eigenvalue weighted by molar-refractivity contribution is 0.561. The van der Waals surface area contributed by atoms with E-state index in [9.17, 15) is 0 Å². The third kappa shape index (κ3) is 2.38. The van der Waals surface area contributed by atoms with Crippen LogP contribution in [0, 0.1) is 11.8 Å². The molecule has 2 rings (SSSR count). The summed E-state index contributed by atoms with van der Waals surface area (Å²) in [5, 5.41) is 0. The fourth-order valence-electron chi connectivity index (χ4n) is 2.76. The number of allylic oxidation sites excluding steroid dienone is 3. The van der Waals surface area contributed by atoms with Crippen LogP contribution in [0.2, 0.25) is 19.6 Å². The molecule has 0 aromatic carbocycles. The molecule has 2 saturated carbocycles. The van der Waals surface area contributed by atoms with Crippen LogP contribution in [0.1, 0.15) is 25.7 Å². The zero-order valence-corrected chi connectivity index (χ0v) is 10.7. The van der Waals surface area contributed by atoms with Gasteiger partial charge >= 0.3 is 0 Å². The van der Waals surface area contributed by atoms with Gasteiger partial charge in [0.2, 0.25) is 0 Å². The molecular weight excluding hydrogens is 184 g/mol. The predicted molar refractivity (Wildman–Crippen MR) is 66.0 cm³/mol. The highest BCUT2D eigenvalue weighted by molar-refractivity contribution is 6.80. The fourth-order valence-corrected chi connectivity index (χ4v) is 3.44. The van der Waals surface area contributed by atoms with Gasteiger partial charge in [-0.15, -0.1) is 0 Å². The highest BCUT2D eigenvalue weighted by Gasteiger charge is 2.34. The first kappa shape index (κ1) is 10.2. The van der Waals surface area contributed by atoms with Crippen LogP contribution in [-0.2, 0) is 0 Å². The number of rotatable bonds is 2. The maximum Gasteiger partial charge on any atom is 0.0687 e. The Bertz CT molecular complexity index is 267. The van der Waals surface area contributed by atoms with Gasteiger partial charge < -0.3 is 0 Å². The summed E-state index contributed by atoms with van der Waals surface area (Å²) in [4.78, 5) is 0. The molecule has 2 atom stereocenters. The van der Waals surface area contributed by atoms with Crippen molar-refractivity contribution in [2.45, 2.75) is 45.3 Å². The van der Waals surface area contributed by atoms with E-state index < -0.39 is 8.07 Å². The molecule has 0 amide bonds. The van der Waals surface area contributed by atoms with Gasteiger partial charge in [0.15, 0.2) is 0 Å². The summed E-state index contributed by atoms with van der Waals surface area (Å²) in [6, 6.07) is 0. The van der Waals surface area contributed by atoms with E-state index in [4.69, 9.17) is 0 Å². The van der Waals surface area contributed by atoms with Crippen LogP contribution in [0.3, 0.4) is 0 Å². The summed E-state index contributed by atoms with van der Waals surface area (Å²) in [5.41, 5.74) is 4.20. The van der Waals surface area contributed by atoms with Gasteiger partial charge in [-0.3, -0.25) is 0 Å². The van der Waals surface area contributed by atoms with Gasteiger partial charge in [-0.2, -0.15) is 0 Å². The molecule has 0 aromatic rings. The van der Waals surface area contributed by atoms with Crippen LogP contribution in [0.5, 0.6) is 0 Å². The van der Waals surface area contributed by atoms with Gasteiger partial charge in [0.1, 0.15) is 0 Å². The van der Waals surface area contributed by atoms with Crippen molar-refractivity contribution in [2.24, 2.45) is 11.8 Å². The molecule has 0 aromatic heterocycles. The van der Waals surface area contributed by atoms with Gasteiger partial charge in [-0.05, 0) is 37.5 Å². The Morgan fingerprint density at radius 2 is 2.00 bits per heavy atom. The molecule has 0 spiro atoms. The zero-order valence-electron chi connectivity index (χ0n) is 9.72. The second-order valence-electron chi connectivity index (χ2n) is 6.05. The molecule has 14 heavy (non-hydrogen) atoms. The van der Waals surface area contributed by atoms with Gasteiger partial charge in [0, 0.05) is 0 Å². The Balaban J connectivity index is 1.96. The van der Waals surface area contributed by atoms with Crippen molar-refractivity contribution in [2.75, 3.05) is 0 Å². The second-order valence-corrected chi connectivity index (χ2v) is 11.1. The summed E-state index contributed by atoms with van der Waals surface area (Å²) < 4.78 is 0. The minimum Gasteiger partial charge on any atom is -0.0950 e. The van der Waals surface area contributed by atoms with E-state index in [-0.39, 0.29) is 0 Å². The molecule has 2 aliphatic rings. The molecule has 2 bridgehead atoms. The average Bonchev–Trinajstić information content (AvgIpc) is 2.62. The normalized spacial score (nSPS) is 34.9. The summed E-state index contributed by atoms with van der Waals surface area (Å²) in [5.74, 6) is 2.01. The minimum atomic E-state index is -0.975. The smallest absolute Gasteiger partial charge is 0.0687 e. The van der Waals surface area contributed by atoms with Crippen LogP contribution >= 0.6 is 0 Å². The summed E-state index contributed by atoms with van der Waals surface area (Å²) in [6.07, 6.45) is 10.6. The first-order chi connectivity index (χ1) is 6.54.